The number of phenolic OH excluding ortho intramolecular Hbond substituents is 1. The van der Waals surface area contributed by atoms with Gasteiger partial charge in [0, 0.05) is 0 Å². The van der Waals surface area contributed by atoms with Crippen LogP contribution in [0, 0.1) is 0 Å². The monoisotopic (exact) mass is 264 g/mol. The number of benzene rings is 2. The van der Waals surface area contributed by atoms with Crippen LogP contribution < -0.4 is 8.92 Å². The highest BCUT2D eigenvalue weighted by Gasteiger charge is 2.10. The first-order valence-electron chi connectivity index (χ1n) is 5.23. The lowest BCUT2D eigenvalue weighted by Crippen LogP contribution is -2.01. The molecule has 1 atom stereocenters. The van der Waals surface area contributed by atoms with Gasteiger partial charge in [-0.2, -0.15) is 0 Å². The van der Waals surface area contributed by atoms with Gasteiger partial charge in [-0.15, -0.1) is 0 Å². The quantitative estimate of drug-likeness (QED) is 0.921. The summed E-state index contributed by atoms with van der Waals surface area (Å²) in [7, 11) is 1.57. The number of phenols is 1. The molecule has 0 amide bonds. The lowest BCUT2D eigenvalue weighted by molar-refractivity contribution is 0.414. The van der Waals surface area contributed by atoms with E-state index in [9.17, 15) is 9.32 Å². The first-order valence-corrected chi connectivity index (χ1v) is 6.30. The third-order valence-corrected chi connectivity index (χ3v) is 3.32. The second kappa shape index (κ2) is 5.55. The van der Waals surface area contributed by atoms with Gasteiger partial charge >= 0.3 is 0 Å². The van der Waals surface area contributed by atoms with E-state index in [-0.39, 0.29) is 10.6 Å². The Hall–Kier alpha value is -2.01. The van der Waals surface area contributed by atoms with Crippen LogP contribution in [-0.2, 0) is 11.1 Å². The van der Waals surface area contributed by atoms with E-state index in [4.69, 9.17) is 8.92 Å². The first-order chi connectivity index (χ1) is 8.70. The normalized spacial score (nSPS) is 11.8. The molecule has 18 heavy (non-hydrogen) atoms. The molecule has 0 aliphatic rings. The number of rotatable bonds is 4. The molecule has 5 heteroatoms. The molecule has 94 valence electrons. The highest BCUT2D eigenvalue weighted by atomic mass is 32.2. The van der Waals surface area contributed by atoms with E-state index >= 15 is 0 Å². The van der Waals surface area contributed by atoms with Crippen LogP contribution in [0.25, 0.3) is 0 Å². The molecule has 0 aromatic heterocycles. The third kappa shape index (κ3) is 2.81. The minimum atomic E-state index is -1.75. The molecule has 2 aromatic rings. The van der Waals surface area contributed by atoms with Crippen molar-refractivity contribution in [3.05, 3.63) is 48.5 Å². The Morgan fingerprint density at radius 1 is 1.00 bits per heavy atom. The van der Waals surface area contributed by atoms with Crippen LogP contribution in [0.3, 0.4) is 0 Å². The Kier molecular flexibility index (Phi) is 3.84. The summed E-state index contributed by atoms with van der Waals surface area (Å²) < 4.78 is 22.1. The number of hydrogen-bond acceptors (Lipinski definition) is 4. The summed E-state index contributed by atoms with van der Waals surface area (Å²) in [6, 6.07) is 13.1. The van der Waals surface area contributed by atoms with Gasteiger partial charge in [0.1, 0.15) is 22.1 Å². The third-order valence-electron chi connectivity index (χ3n) is 2.28. The van der Waals surface area contributed by atoms with E-state index in [0.29, 0.717) is 11.5 Å². The summed E-state index contributed by atoms with van der Waals surface area (Å²) in [5.41, 5.74) is 0. The number of ether oxygens (including phenoxy) is 1. The van der Waals surface area contributed by atoms with Crippen LogP contribution >= 0.6 is 0 Å². The maximum atomic E-state index is 11.9. The maximum Gasteiger partial charge on any atom is 0.244 e. The van der Waals surface area contributed by atoms with Crippen LogP contribution in [-0.4, -0.2) is 16.4 Å². The van der Waals surface area contributed by atoms with E-state index in [1.807, 2.05) is 0 Å². The average molecular weight is 264 g/mol. The molecule has 0 saturated carbocycles. The summed E-state index contributed by atoms with van der Waals surface area (Å²) in [5, 5.41) is 9.55. The molecule has 0 fully saturated rings. The number of hydrogen-bond donors (Lipinski definition) is 1. The Balaban J connectivity index is 2.14. The standard InChI is InChI=1S/C13H12O4S/c1-16-10-6-8-11(9-7-10)17-18(15)13-5-3-2-4-12(13)14/h2-9,14H,1H3. The fraction of sp³-hybridized carbons (Fsp3) is 0.0769. The van der Waals surface area contributed by atoms with Gasteiger partial charge in [0.2, 0.25) is 11.1 Å². The lowest BCUT2D eigenvalue weighted by atomic mass is 10.3. The van der Waals surface area contributed by atoms with Gasteiger partial charge in [-0.25, -0.2) is 4.21 Å². The summed E-state index contributed by atoms with van der Waals surface area (Å²) in [6.07, 6.45) is 0. The molecule has 0 radical (unpaired) electrons. The highest BCUT2D eigenvalue weighted by molar-refractivity contribution is 7.80. The predicted molar refractivity (Wildman–Crippen MR) is 68.1 cm³/mol. The van der Waals surface area contributed by atoms with Gasteiger partial charge in [0.25, 0.3) is 0 Å². The first kappa shape index (κ1) is 12.4. The van der Waals surface area contributed by atoms with Crippen molar-refractivity contribution in [2.24, 2.45) is 0 Å². The number of para-hydroxylation sites is 1. The second-order valence-corrected chi connectivity index (χ2v) is 4.54. The minimum Gasteiger partial charge on any atom is -0.507 e. The predicted octanol–water partition coefficient (Wildman–Crippen LogP) is 2.50. The van der Waals surface area contributed by atoms with Crippen LogP contribution in [0.1, 0.15) is 0 Å². The van der Waals surface area contributed by atoms with E-state index in [2.05, 4.69) is 0 Å². The fourth-order valence-electron chi connectivity index (χ4n) is 1.36. The molecule has 1 unspecified atom stereocenters. The Bertz CT molecular complexity index is 551. The minimum absolute atomic E-state index is 0.0515. The van der Waals surface area contributed by atoms with Gasteiger partial charge < -0.3 is 14.0 Å². The zero-order valence-electron chi connectivity index (χ0n) is 9.70. The van der Waals surface area contributed by atoms with Gasteiger partial charge in [0.15, 0.2) is 0 Å². The number of methoxy groups -OCH3 is 1. The molecule has 0 bridgehead atoms. The molecule has 2 aromatic carbocycles. The van der Waals surface area contributed by atoms with E-state index in [1.165, 1.54) is 6.07 Å². The van der Waals surface area contributed by atoms with Crippen LogP contribution in [0.5, 0.6) is 17.2 Å². The molecular formula is C13H12O4S. The smallest absolute Gasteiger partial charge is 0.244 e. The SMILES string of the molecule is COc1ccc(OS(=O)c2ccccc2O)cc1. The second-order valence-electron chi connectivity index (χ2n) is 3.46. The molecular weight excluding hydrogens is 252 g/mol. The highest BCUT2D eigenvalue weighted by Crippen LogP contribution is 2.24. The Labute approximate surface area is 107 Å². The molecule has 0 aliphatic heterocycles. The Morgan fingerprint density at radius 2 is 1.61 bits per heavy atom. The summed E-state index contributed by atoms with van der Waals surface area (Å²) in [4.78, 5) is 0.244. The molecule has 0 saturated heterocycles. The van der Waals surface area contributed by atoms with Crippen molar-refractivity contribution < 1.29 is 18.2 Å². The summed E-state index contributed by atoms with van der Waals surface area (Å²) in [5.74, 6) is 1.08. The topological polar surface area (TPSA) is 55.8 Å². The van der Waals surface area contributed by atoms with Crippen molar-refractivity contribution in [2.75, 3.05) is 7.11 Å². The maximum absolute atomic E-state index is 11.9. The van der Waals surface area contributed by atoms with Crippen molar-refractivity contribution >= 4 is 11.1 Å². The molecule has 1 N–H and O–H groups in total. The lowest BCUT2D eigenvalue weighted by Gasteiger charge is -2.06. The van der Waals surface area contributed by atoms with Gasteiger partial charge in [0.05, 0.1) is 7.11 Å². The Morgan fingerprint density at radius 3 is 2.22 bits per heavy atom. The van der Waals surface area contributed by atoms with Crippen LogP contribution in [0.4, 0.5) is 0 Å². The van der Waals surface area contributed by atoms with Crippen LogP contribution in [0.2, 0.25) is 0 Å². The number of aromatic hydroxyl groups is 1. The van der Waals surface area contributed by atoms with Crippen molar-refractivity contribution in [3.8, 4) is 17.2 Å². The van der Waals surface area contributed by atoms with Crippen molar-refractivity contribution in [2.45, 2.75) is 4.90 Å². The average Bonchev–Trinajstić information content (AvgIpc) is 2.40. The molecule has 0 heterocycles. The zero-order valence-corrected chi connectivity index (χ0v) is 10.5. The van der Waals surface area contributed by atoms with E-state index < -0.39 is 11.1 Å². The summed E-state index contributed by atoms with van der Waals surface area (Å²) in [6.45, 7) is 0. The largest absolute Gasteiger partial charge is 0.507 e. The van der Waals surface area contributed by atoms with Crippen molar-refractivity contribution in [3.63, 3.8) is 0 Å². The summed E-state index contributed by atoms with van der Waals surface area (Å²) >= 11 is -1.75. The molecule has 2 rings (SSSR count). The molecule has 4 nitrogen and oxygen atoms in total. The van der Waals surface area contributed by atoms with E-state index in [1.54, 1.807) is 49.6 Å². The van der Waals surface area contributed by atoms with Gasteiger partial charge in [-0.05, 0) is 36.4 Å². The van der Waals surface area contributed by atoms with Crippen molar-refractivity contribution in [1.82, 2.24) is 0 Å². The molecule has 0 aliphatic carbocycles. The van der Waals surface area contributed by atoms with Crippen LogP contribution in [0.15, 0.2) is 53.4 Å². The van der Waals surface area contributed by atoms with Gasteiger partial charge in [-0.3, -0.25) is 0 Å². The fourth-order valence-corrected chi connectivity index (χ4v) is 2.17. The van der Waals surface area contributed by atoms with Gasteiger partial charge in [-0.1, -0.05) is 12.1 Å². The van der Waals surface area contributed by atoms with E-state index in [0.717, 1.165) is 0 Å². The zero-order chi connectivity index (χ0) is 13.0. The van der Waals surface area contributed by atoms with Crippen molar-refractivity contribution in [1.29, 1.82) is 0 Å². The molecule has 0 spiro atoms.